The summed E-state index contributed by atoms with van der Waals surface area (Å²) >= 11 is 0. The third kappa shape index (κ3) is 42.1. The van der Waals surface area contributed by atoms with Gasteiger partial charge in [0.05, 0.1) is 0 Å². The molecule has 8 nitrogen and oxygen atoms in total. The molecule has 0 rings (SSSR count). The van der Waals surface area contributed by atoms with Gasteiger partial charge in [-0.1, -0.05) is 0 Å². The summed E-state index contributed by atoms with van der Waals surface area (Å²) in [5.41, 5.74) is 0. The van der Waals surface area contributed by atoms with Gasteiger partial charge in [0.25, 0.3) is 27.9 Å². The number of hydrogen-bond acceptors (Lipinski definition) is 8. The standard InChI is InChI=1S/2C9H28O3Si4.C7H22O2Si3/c2*1-13(10-14(2,3)4)11-16(8,9)12-15(5,6)7;1-10(8-11(2,3)4)9-12(5,6)7/h2*13H,1-9H3;10H,1-7H3. The maximum atomic E-state index is 6.14. The van der Waals surface area contributed by atoms with Gasteiger partial charge in [-0.25, -0.2) is 0 Å². The Kier molecular flexibility index (Phi) is 22.3. The molecule has 2 unspecified atom stereocenters. The second-order valence-corrected chi connectivity index (χ2v) is 59.7. The molecule has 0 aromatic carbocycles. The summed E-state index contributed by atoms with van der Waals surface area (Å²) in [5.74, 6) is 0. The molecule has 0 saturated carbocycles. The Hall–Kier alpha value is 2.07. The topological polar surface area (TPSA) is 73.8 Å². The van der Waals surface area contributed by atoms with Gasteiger partial charge in [-0.15, -0.1) is 0 Å². The van der Waals surface area contributed by atoms with Gasteiger partial charge in [0.1, 0.15) is 0 Å². The molecule has 0 fully saturated rings. The monoisotopic (exact) mass is 814 g/mol. The Morgan fingerprint density at radius 1 is 0.250 bits per heavy atom. The fourth-order valence-corrected chi connectivity index (χ4v) is 41.6. The highest BCUT2D eigenvalue weighted by Crippen LogP contribution is 2.19. The van der Waals surface area contributed by atoms with E-state index in [1.807, 2.05) is 0 Å². The average molecular weight is 816 g/mol. The van der Waals surface area contributed by atoms with E-state index in [1.54, 1.807) is 0 Å². The summed E-state index contributed by atoms with van der Waals surface area (Å²) in [6.45, 7) is 54.6. The Labute approximate surface area is 289 Å². The normalized spacial score (nSPS) is 15.7. The van der Waals surface area contributed by atoms with E-state index in [1.165, 1.54) is 0 Å². The molecule has 0 aromatic rings. The Balaban J connectivity index is -0.000000580. The summed E-state index contributed by atoms with van der Waals surface area (Å²) in [4.78, 5) is 0. The van der Waals surface area contributed by atoms with E-state index in [4.69, 9.17) is 32.9 Å². The molecule has 0 aliphatic rings. The molecular formula is C25H78O8Si11. The first-order valence-electron chi connectivity index (χ1n) is 16.2. The lowest BCUT2D eigenvalue weighted by atomic mass is 11.8. The van der Waals surface area contributed by atoms with Gasteiger partial charge in [-0.3, -0.25) is 0 Å². The molecule has 0 aliphatic heterocycles. The zero-order valence-corrected chi connectivity index (χ0v) is 45.5. The lowest BCUT2D eigenvalue weighted by Crippen LogP contribution is -2.49. The Bertz CT molecular complexity index is 716. The fourth-order valence-electron chi connectivity index (χ4n) is 4.39. The highest BCUT2D eigenvalue weighted by Gasteiger charge is 2.36. The third-order valence-corrected chi connectivity index (χ3v) is 36.7. The molecule has 0 saturated heterocycles. The Morgan fingerprint density at radius 2 is 0.409 bits per heavy atom. The molecular weight excluding hydrogens is 737 g/mol. The molecule has 0 radical (unpaired) electrons. The zero-order chi connectivity index (χ0) is 36.4. The van der Waals surface area contributed by atoms with Gasteiger partial charge < -0.3 is 32.9 Å². The lowest BCUT2D eigenvalue weighted by Gasteiger charge is -2.34. The summed E-state index contributed by atoms with van der Waals surface area (Å²) in [5, 5.41) is 0. The van der Waals surface area contributed by atoms with Crippen molar-refractivity contribution < 1.29 is 32.9 Å². The van der Waals surface area contributed by atoms with Gasteiger partial charge in [-0.2, -0.15) is 0 Å². The van der Waals surface area contributed by atoms with Crippen LogP contribution in [0, 0.1) is 0 Å². The van der Waals surface area contributed by atoms with Crippen LogP contribution in [0.1, 0.15) is 0 Å². The molecule has 0 bridgehead atoms. The molecule has 19 heteroatoms. The predicted molar refractivity (Wildman–Crippen MR) is 223 cm³/mol. The van der Waals surface area contributed by atoms with Crippen molar-refractivity contribution in [2.24, 2.45) is 0 Å². The number of hydrogen-bond donors (Lipinski definition) is 0. The van der Waals surface area contributed by atoms with Crippen molar-refractivity contribution in [3.8, 4) is 0 Å². The van der Waals surface area contributed by atoms with Crippen LogP contribution in [0.3, 0.4) is 0 Å². The van der Waals surface area contributed by atoms with Crippen molar-refractivity contribution in [3.05, 3.63) is 0 Å². The fraction of sp³-hybridized carbons (Fsp3) is 1.00. The van der Waals surface area contributed by atoms with E-state index in [0.29, 0.717) is 0 Å². The van der Waals surface area contributed by atoms with Crippen LogP contribution >= 0.6 is 0 Å². The molecule has 0 spiro atoms. The maximum absolute atomic E-state index is 6.14. The minimum atomic E-state index is -1.98. The van der Waals surface area contributed by atoms with Crippen LogP contribution in [-0.4, -0.2) is 94.9 Å². The maximum Gasteiger partial charge on any atom is 0.312 e. The summed E-state index contributed by atoms with van der Waals surface area (Å²) in [7, 11) is -17.0. The van der Waals surface area contributed by atoms with Crippen LogP contribution in [0.25, 0.3) is 0 Å². The smallest absolute Gasteiger partial charge is 0.312 e. The van der Waals surface area contributed by atoms with Crippen molar-refractivity contribution >= 4 is 94.9 Å². The van der Waals surface area contributed by atoms with E-state index < -0.39 is 94.9 Å². The summed E-state index contributed by atoms with van der Waals surface area (Å²) < 4.78 is 48.3. The molecule has 270 valence electrons. The van der Waals surface area contributed by atoms with Gasteiger partial charge in [0.2, 0.25) is 0 Å². The van der Waals surface area contributed by atoms with E-state index in [-0.39, 0.29) is 0 Å². The highest BCUT2D eigenvalue weighted by atomic mass is 28.5. The second-order valence-electron chi connectivity index (χ2n) is 18.1. The molecule has 0 aromatic heterocycles. The van der Waals surface area contributed by atoms with Crippen molar-refractivity contribution in [1.82, 2.24) is 0 Å². The van der Waals surface area contributed by atoms with Crippen molar-refractivity contribution in [2.45, 2.75) is 164 Å². The molecule has 44 heavy (non-hydrogen) atoms. The van der Waals surface area contributed by atoms with Crippen molar-refractivity contribution in [3.63, 3.8) is 0 Å². The van der Waals surface area contributed by atoms with Crippen LogP contribution in [0.5, 0.6) is 0 Å². The number of rotatable bonds is 16. The molecule has 0 amide bonds. The largest absolute Gasteiger partial charge is 0.439 e. The van der Waals surface area contributed by atoms with Crippen molar-refractivity contribution in [1.29, 1.82) is 0 Å². The molecule has 2 atom stereocenters. The zero-order valence-electron chi connectivity index (χ0n) is 34.0. The first kappa shape index (κ1) is 50.4. The van der Waals surface area contributed by atoms with Gasteiger partial charge in [0.15, 0.2) is 49.9 Å². The van der Waals surface area contributed by atoms with E-state index in [0.717, 1.165) is 0 Å². The van der Waals surface area contributed by atoms with Crippen LogP contribution in [0.15, 0.2) is 0 Å². The first-order valence-corrected chi connectivity index (χ1v) is 48.6. The molecule has 0 N–H and O–H groups in total. The SMILES string of the molecule is C[SiH](O[Si](C)(C)C)O[Si](C)(C)C.C[SiH](O[Si](C)(C)C)O[Si](C)(C)O[Si](C)(C)C.C[SiH](O[Si](C)(C)C)O[Si](C)(C)O[Si](C)(C)C. The lowest BCUT2D eigenvalue weighted by molar-refractivity contribution is 0.350. The van der Waals surface area contributed by atoms with Crippen LogP contribution in [0.4, 0.5) is 0 Å². The highest BCUT2D eigenvalue weighted by molar-refractivity contribution is 6.86. The average Bonchev–Trinajstić information content (AvgIpc) is 2.48. The van der Waals surface area contributed by atoms with Crippen LogP contribution < -0.4 is 0 Å². The first-order chi connectivity index (χ1) is 18.7. The van der Waals surface area contributed by atoms with E-state index >= 15 is 0 Å². The van der Waals surface area contributed by atoms with E-state index in [2.05, 4.69) is 164 Å². The third-order valence-electron chi connectivity index (χ3n) is 4.08. The van der Waals surface area contributed by atoms with Crippen molar-refractivity contribution in [2.75, 3.05) is 0 Å². The van der Waals surface area contributed by atoms with Gasteiger partial charge >= 0.3 is 17.1 Å². The summed E-state index contributed by atoms with van der Waals surface area (Å²) in [6, 6.07) is 0. The predicted octanol–water partition coefficient (Wildman–Crippen LogP) is 9.06. The van der Waals surface area contributed by atoms with Crippen LogP contribution in [0.2, 0.25) is 164 Å². The van der Waals surface area contributed by atoms with Gasteiger partial charge in [-0.05, 0) is 164 Å². The van der Waals surface area contributed by atoms with Gasteiger partial charge in [0, 0.05) is 0 Å². The summed E-state index contributed by atoms with van der Waals surface area (Å²) in [6.07, 6.45) is 0. The second kappa shape index (κ2) is 19.5. The van der Waals surface area contributed by atoms with E-state index in [9.17, 15) is 0 Å². The minimum absolute atomic E-state index is 1.33. The minimum Gasteiger partial charge on any atom is -0.439 e. The molecule has 0 heterocycles. The molecule has 0 aliphatic carbocycles. The van der Waals surface area contributed by atoms with Crippen LogP contribution in [-0.2, 0) is 32.9 Å². The Morgan fingerprint density at radius 3 is 0.545 bits per heavy atom. The quantitative estimate of drug-likeness (QED) is 0.143.